The van der Waals surface area contributed by atoms with Crippen LogP contribution in [-0.4, -0.2) is 32.8 Å². The predicted octanol–water partition coefficient (Wildman–Crippen LogP) is 3.79. The van der Waals surface area contributed by atoms with Crippen LogP contribution < -0.4 is 5.32 Å². The number of hydrogen-bond acceptors (Lipinski definition) is 6. The van der Waals surface area contributed by atoms with Gasteiger partial charge in [-0.1, -0.05) is 49.4 Å². The first kappa shape index (κ1) is 19.9. The molecule has 7 nitrogen and oxygen atoms in total. The van der Waals surface area contributed by atoms with Crippen LogP contribution in [-0.2, 0) is 13.0 Å². The number of fused-ring (bicyclic) bond motifs is 1. The smallest absolute Gasteiger partial charge is 0.261 e. The molecule has 0 unspecified atom stereocenters. The summed E-state index contributed by atoms with van der Waals surface area (Å²) in [5, 5.41) is 12.2. The van der Waals surface area contributed by atoms with Gasteiger partial charge in [-0.15, -0.1) is 10.2 Å². The maximum atomic E-state index is 12.6. The molecule has 1 N–H and O–H groups in total. The van der Waals surface area contributed by atoms with E-state index in [2.05, 4.69) is 29.4 Å². The zero-order valence-corrected chi connectivity index (χ0v) is 17.4. The molecule has 3 aromatic rings. The standard InChI is InChI=1S/C22H20N4O3S/c1-13(2)10-18-24-25-22(30-18)23-19(27)15-7-5-6-14(11-15)12-26-20(28)16-8-3-4-9-17(16)21(26)29/h3-9,11,13H,10,12H2,1-2H3,(H,23,25,27). The van der Waals surface area contributed by atoms with Gasteiger partial charge in [0.15, 0.2) is 0 Å². The largest absolute Gasteiger partial charge is 0.296 e. The van der Waals surface area contributed by atoms with Crippen LogP contribution in [0.5, 0.6) is 0 Å². The Morgan fingerprint density at radius 2 is 1.73 bits per heavy atom. The summed E-state index contributed by atoms with van der Waals surface area (Å²) in [7, 11) is 0. The number of benzene rings is 2. The minimum Gasteiger partial charge on any atom is -0.296 e. The molecular weight excluding hydrogens is 400 g/mol. The molecule has 3 amide bonds. The van der Waals surface area contributed by atoms with E-state index in [4.69, 9.17) is 0 Å². The van der Waals surface area contributed by atoms with E-state index < -0.39 is 0 Å². The average molecular weight is 420 g/mol. The van der Waals surface area contributed by atoms with E-state index in [1.54, 1.807) is 48.5 Å². The average Bonchev–Trinajstić information content (AvgIpc) is 3.26. The maximum Gasteiger partial charge on any atom is 0.261 e. The van der Waals surface area contributed by atoms with Crippen LogP contribution >= 0.6 is 11.3 Å². The Morgan fingerprint density at radius 3 is 2.40 bits per heavy atom. The summed E-state index contributed by atoms with van der Waals surface area (Å²) in [4.78, 5) is 38.9. The summed E-state index contributed by atoms with van der Waals surface area (Å²) in [6.07, 6.45) is 0.809. The summed E-state index contributed by atoms with van der Waals surface area (Å²) >= 11 is 1.36. The third-order valence-electron chi connectivity index (χ3n) is 4.68. The monoisotopic (exact) mass is 420 g/mol. The lowest BCUT2D eigenvalue weighted by atomic mass is 10.1. The SMILES string of the molecule is CC(C)Cc1nnc(NC(=O)c2cccc(CN3C(=O)c4ccccc4C3=O)c2)s1. The highest BCUT2D eigenvalue weighted by atomic mass is 32.1. The van der Waals surface area contributed by atoms with Crippen molar-refractivity contribution in [3.63, 3.8) is 0 Å². The molecule has 0 radical (unpaired) electrons. The molecule has 30 heavy (non-hydrogen) atoms. The number of anilines is 1. The van der Waals surface area contributed by atoms with Gasteiger partial charge in [0.05, 0.1) is 17.7 Å². The molecule has 0 bridgehead atoms. The Morgan fingerprint density at radius 1 is 1.03 bits per heavy atom. The van der Waals surface area contributed by atoms with E-state index in [1.807, 2.05) is 0 Å². The normalized spacial score (nSPS) is 13.1. The van der Waals surface area contributed by atoms with E-state index >= 15 is 0 Å². The van der Waals surface area contributed by atoms with Crippen LogP contribution in [0, 0.1) is 5.92 Å². The Labute approximate surface area is 177 Å². The third-order valence-corrected chi connectivity index (χ3v) is 5.54. The molecular formula is C22H20N4O3S. The number of nitrogens with zero attached hydrogens (tertiary/aromatic N) is 3. The molecule has 0 spiro atoms. The second-order valence-electron chi connectivity index (χ2n) is 7.50. The lowest BCUT2D eigenvalue weighted by Gasteiger charge is -2.14. The van der Waals surface area contributed by atoms with Gasteiger partial charge in [-0.25, -0.2) is 0 Å². The summed E-state index contributed by atoms with van der Waals surface area (Å²) in [6, 6.07) is 13.6. The topological polar surface area (TPSA) is 92.3 Å². The highest BCUT2D eigenvalue weighted by Gasteiger charge is 2.35. The second-order valence-corrected chi connectivity index (χ2v) is 8.56. The quantitative estimate of drug-likeness (QED) is 0.613. The van der Waals surface area contributed by atoms with Crippen LogP contribution in [0.1, 0.15) is 55.5 Å². The van der Waals surface area contributed by atoms with Crippen LogP contribution in [0.15, 0.2) is 48.5 Å². The molecule has 1 aromatic heterocycles. The van der Waals surface area contributed by atoms with E-state index in [0.29, 0.717) is 33.3 Å². The molecule has 0 saturated carbocycles. The van der Waals surface area contributed by atoms with Crippen LogP contribution in [0.2, 0.25) is 0 Å². The van der Waals surface area contributed by atoms with Gasteiger partial charge in [-0.2, -0.15) is 0 Å². The highest BCUT2D eigenvalue weighted by Crippen LogP contribution is 2.25. The maximum absolute atomic E-state index is 12.6. The number of hydrogen-bond donors (Lipinski definition) is 1. The summed E-state index contributed by atoms with van der Waals surface area (Å²) in [5.74, 6) is -0.499. The van der Waals surface area contributed by atoms with E-state index in [1.165, 1.54) is 16.2 Å². The summed E-state index contributed by atoms with van der Waals surface area (Å²) < 4.78 is 0. The van der Waals surface area contributed by atoms with Gasteiger partial charge in [-0.05, 0) is 35.7 Å². The number of rotatable bonds is 6. The Balaban J connectivity index is 1.47. The number of carbonyl (C=O) groups excluding carboxylic acids is 3. The van der Waals surface area contributed by atoms with E-state index in [0.717, 1.165) is 11.4 Å². The van der Waals surface area contributed by atoms with Gasteiger partial charge in [0, 0.05) is 12.0 Å². The molecule has 1 aliphatic heterocycles. The molecule has 2 aromatic carbocycles. The van der Waals surface area contributed by atoms with Crippen molar-refractivity contribution < 1.29 is 14.4 Å². The molecule has 0 atom stereocenters. The van der Waals surface area contributed by atoms with Crippen molar-refractivity contribution in [3.8, 4) is 0 Å². The molecule has 1 aliphatic rings. The minimum atomic E-state index is -0.322. The van der Waals surface area contributed by atoms with Crippen molar-refractivity contribution in [1.29, 1.82) is 0 Å². The van der Waals surface area contributed by atoms with Gasteiger partial charge < -0.3 is 0 Å². The molecule has 0 aliphatic carbocycles. The Kier molecular flexibility index (Phi) is 5.41. The van der Waals surface area contributed by atoms with Gasteiger partial charge >= 0.3 is 0 Å². The molecule has 0 saturated heterocycles. The van der Waals surface area contributed by atoms with Crippen LogP contribution in [0.3, 0.4) is 0 Å². The summed E-state index contributed by atoms with van der Waals surface area (Å²) in [6.45, 7) is 4.30. The van der Waals surface area contributed by atoms with Gasteiger partial charge in [0.25, 0.3) is 17.7 Å². The van der Waals surface area contributed by atoms with Crippen molar-refractivity contribution in [3.05, 3.63) is 75.8 Å². The summed E-state index contributed by atoms with van der Waals surface area (Å²) in [5.41, 5.74) is 1.93. The second kappa shape index (κ2) is 8.16. The number of imide groups is 1. The van der Waals surface area contributed by atoms with Gasteiger partial charge in [0.1, 0.15) is 5.01 Å². The zero-order valence-electron chi connectivity index (χ0n) is 16.6. The fraction of sp³-hybridized carbons (Fsp3) is 0.227. The van der Waals surface area contributed by atoms with E-state index in [-0.39, 0.29) is 24.3 Å². The lowest BCUT2D eigenvalue weighted by Crippen LogP contribution is -2.29. The number of carbonyl (C=O) groups is 3. The first-order chi connectivity index (χ1) is 14.4. The molecule has 4 rings (SSSR count). The predicted molar refractivity (Wildman–Crippen MR) is 113 cm³/mol. The third kappa shape index (κ3) is 3.99. The van der Waals surface area contributed by atoms with Crippen molar-refractivity contribution in [1.82, 2.24) is 15.1 Å². The minimum absolute atomic E-state index is 0.102. The van der Waals surface area contributed by atoms with E-state index in [9.17, 15) is 14.4 Å². The lowest BCUT2D eigenvalue weighted by molar-refractivity contribution is 0.0642. The number of amides is 3. The highest BCUT2D eigenvalue weighted by molar-refractivity contribution is 7.15. The number of nitrogens with one attached hydrogen (secondary N) is 1. The van der Waals surface area contributed by atoms with Crippen molar-refractivity contribution in [2.24, 2.45) is 5.92 Å². The van der Waals surface area contributed by atoms with Crippen LogP contribution in [0.4, 0.5) is 5.13 Å². The van der Waals surface area contributed by atoms with Crippen molar-refractivity contribution in [2.45, 2.75) is 26.8 Å². The Hall–Kier alpha value is -3.39. The fourth-order valence-electron chi connectivity index (χ4n) is 3.28. The molecule has 152 valence electrons. The molecule has 0 fully saturated rings. The first-order valence-electron chi connectivity index (χ1n) is 9.60. The van der Waals surface area contributed by atoms with Crippen molar-refractivity contribution >= 4 is 34.2 Å². The fourth-order valence-corrected chi connectivity index (χ4v) is 4.23. The van der Waals surface area contributed by atoms with Gasteiger partial charge in [0.2, 0.25) is 5.13 Å². The Bertz CT molecular complexity index is 1100. The van der Waals surface area contributed by atoms with Crippen LogP contribution in [0.25, 0.3) is 0 Å². The van der Waals surface area contributed by atoms with Gasteiger partial charge in [-0.3, -0.25) is 24.6 Å². The number of aromatic nitrogens is 2. The molecule has 2 heterocycles. The van der Waals surface area contributed by atoms with Crippen molar-refractivity contribution in [2.75, 3.05) is 5.32 Å². The zero-order chi connectivity index (χ0) is 21.3. The first-order valence-corrected chi connectivity index (χ1v) is 10.4. The molecule has 8 heteroatoms.